The highest BCUT2D eigenvalue weighted by Gasteiger charge is 2.42. The summed E-state index contributed by atoms with van der Waals surface area (Å²) < 4.78 is 0. The molecule has 22 N–H and O–H groups in total. The summed E-state index contributed by atoms with van der Waals surface area (Å²) in [6.45, 7) is 3.86. The number of thioether (sulfide) groups is 1. The van der Waals surface area contributed by atoms with Crippen LogP contribution in [-0.2, 0) is 75.2 Å². The minimum Gasteiger partial charge on any atom is -0.370 e. The molecule has 2 aliphatic rings. The molecule has 10 atom stereocenters. The third-order valence-electron chi connectivity index (χ3n) is 16.0. The number of aliphatic imine (C=N–C) groups is 1. The standard InChI is InChI=1S/C63H98N18O13S/c1-37(2)33-45(57(89)74-41(53(68)85)27-32-95-3)73-52(84)36-72-54(86)46(34-38-15-6-4-7-16-38)78-58(90)47(35-39-17-8-5-9-18-39)79-56(88)42(23-25-50(66)82)75-55(87)43(24-26-51(67)83)76-59(91)49-22-14-31-81(49)62(94)44(20-10-11-28-64)77-60(92)48-21-13-30-80(48)61(93)40(65)19-12-29-71-63(69)70/h4-9,15-18,37,40-49H,10-14,19-36,64-65H2,1-3H3,(H2,66,82)(H2,67,83)(H2,68,85)(H,72,86)(H,73,84)(H,74,89)(H,75,87)(H,76,91)(H,77,92)(H,78,90)(H,79,88)(H4,69,70,71)/t40-,41+,42+,43+,44+,45-,46+,47-,48-,49+/m1/s1. The number of primary amides is 3. The van der Waals surface area contributed by atoms with Gasteiger partial charge in [-0.15, -0.1) is 0 Å². The highest BCUT2D eigenvalue weighted by Crippen LogP contribution is 2.24. The number of amides is 13. The Kier molecular flexibility index (Phi) is 33.9. The molecule has 0 aromatic heterocycles. The Bertz CT molecular complexity index is 2960. The molecule has 0 bridgehead atoms. The second-order valence-corrected chi connectivity index (χ2v) is 25.1. The molecule has 32 heteroatoms. The number of hydrogen-bond acceptors (Lipinski definition) is 17. The lowest BCUT2D eigenvalue weighted by Crippen LogP contribution is -2.60. The number of carbonyl (C=O) groups is 13. The number of rotatable bonds is 42. The first-order valence-electron chi connectivity index (χ1n) is 32.2. The second kappa shape index (κ2) is 41.0. The number of nitrogens with two attached hydrogens (primary N) is 7. The van der Waals surface area contributed by atoms with Crippen LogP contribution in [0.3, 0.4) is 0 Å². The molecule has 2 fully saturated rings. The summed E-state index contributed by atoms with van der Waals surface area (Å²) in [6, 6.07) is 4.51. The lowest BCUT2D eigenvalue weighted by atomic mass is 10.0. The van der Waals surface area contributed by atoms with E-state index in [0.717, 1.165) is 0 Å². The molecule has 2 heterocycles. The average Bonchev–Trinajstić information content (AvgIpc) is 1.74. The van der Waals surface area contributed by atoms with Crippen LogP contribution in [0.2, 0.25) is 0 Å². The van der Waals surface area contributed by atoms with Crippen LogP contribution in [0.5, 0.6) is 0 Å². The lowest BCUT2D eigenvalue weighted by Gasteiger charge is -2.32. The fourth-order valence-corrected chi connectivity index (χ4v) is 11.5. The highest BCUT2D eigenvalue weighted by molar-refractivity contribution is 7.98. The lowest BCUT2D eigenvalue weighted by molar-refractivity contribution is -0.144. The van der Waals surface area contributed by atoms with Gasteiger partial charge in [0.25, 0.3) is 0 Å². The molecule has 0 spiro atoms. The van der Waals surface area contributed by atoms with Crippen LogP contribution in [0.1, 0.15) is 121 Å². The molecule has 0 saturated carbocycles. The van der Waals surface area contributed by atoms with E-state index in [4.69, 9.17) is 40.1 Å². The molecule has 4 rings (SSSR count). The predicted molar refractivity (Wildman–Crippen MR) is 356 cm³/mol. The van der Waals surface area contributed by atoms with E-state index < -0.39 is 169 Å². The summed E-state index contributed by atoms with van der Waals surface area (Å²) >= 11 is 1.45. The molecule has 31 nitrogen and oxygen atoms in total. The van der Waals surface area contributed by atoms with Gasteiger partial charge in [0.2, 0.25) is 76.8 Å². The van der Waals surface area contributed by atoms with Crippen LogP contribution >= 0.6 is 11.8 Å². The summed E-state index contributed by atoms with van der Waals surface area (Å²) in [5, 5.41) is 21.1. The maximum atomic E-state index is 14.7. The van der Waals surface area contributed by atoms with Crippen LogP contribution in [0.25, 0.3) is 0 Å². The first-order chi connectivity index (χ1) is 45.2. The fraction of sp³-hybridized carbons (Fsp3) is 0.587. The van der Waals surface area contributed by atoms with Gasteiger partial charge in [0.05, 0.1) is 12.6 Å². The van der Waals surface area contributed by atoms with Gasteiger partial charge in [-0.05, 0) is 119 Å². The Balaban J connectivity index is 1.56. The van der Waals surface area contributed by atoms with Crippen LogP contribution in [0.4, 0.5) is 0 Å². The number of carbonyl (C=O) groups excluding carboxylic acids is 13. The maximum absolute atomic E-state index is 14.7. The highest BCUT2D eigenvalue weighted by atomic mass is 32.2. The molecule has 0 unspecified atom stereocenters. The number of likely N-dealkylation sites (tertiary alicyclic amines) is 2. The number of hydrogen-bond donors (Lipinski definition) is 15. The third-order valence-corrected chi connectivity index (χ3v) is 16.7. The molecule has 13 amide bonds. The van der Waals surface area contributed by atoms with E-state index in [9.17, 15) is 62.3 Å². The van der Waals surface area contributed by atoms with Crippen LogP contribution < -0.4 is 82.7 Å². The zero-order valence-corrected chi connectivity index (χ0v) is 55.3. The third kappa shape index (κ3) is 27.5. The molecule has 524 valence electrons. The van der Waals surface area contributed by atoms with E-state index in [2.05, 4.69) is 47.5 Å². The van der Waals surface area contributed by atoms with Crippen molar-refractivity contribution in [3.63, 3.8) is 0 Å². The molecule has 2 aromatic carbocycles. The number of nitrogens with one attached hydrogen (secondary N) is 8. The second-order valence-electron chi connectivity index (χ2n) is 24.1. The molecular weight excluding hydrogens is 1250 g/mol. The fourth-order valence-electron chi connectivity index (χ4n) is 11.0. The van der Waals surface area contributed by atoms with Gasteiger partial charge in [0, 0.05) is 45.3 Å². The normalized spacial score (nSPS) is 16.8. The zero-order valence-electron chi connectivity index (χ0n) is 54.5. The van der Waals surface area contributed by atoms with Crippen molar-refractivity contribution < 1.29 is 62.3 Å². The molecule has 2 aliphatic heterocycles. The SMILES string of the molecule is CSCC[C@H](NC(=O)[C@@H](CC(C)C)NC(=O)CNC(=O)[C@H](Cc1ccccc1)NC(=O)[C@@H](Cc1ccccc1)NC(=O)[C@H](CCC(N)=O)NC(=O)[C@H](CCC(N)=O)NC(=O)[C@@H]1CCCN1C(=O)[C@H](CCCCN)NC(=O)[C@H]1CCCN1C(=O)[C@H](N)CCCN=C(N)N)C(N)=O. The summed E-state index contributed by atoms with van der Waals surface area (Å²) in [5.41, 5.74) is 40.6. The smallest absolute Gasteiger partial charge is 0.245 e. The number of guanidine groups is 1. The first-order valence-corrected chi connectivity index (χ1v) is 33.6. The maximum Gasteiger partial charge on any atom is 0.245 e. The van der Waals surface area contributed by atoms with E-state index >= 15 is 0 Å². The number of unbranched alkanes of at least 4 members (excludes halogenated alkanes) is 1. The van der Waals surface area contributed by atoms with Gasteiger partial charge in [-0.1, -0.05) is 74.5 Å². The quantitative estimate of drug-likeness (QED) is 0.0173. The van der Waals surface area contributed by atoms with E-state index in [-0.39, 0.29) is 83.0 Å². The summed E-state index contributed by atoms with van der Waals surface area (Å²) in [7, 11) is 0. The van der Waals surface area contributed by atoms with Crippen molar-refractivity contribution in [2.24, 2.45) is 51.0 Å². The van der Waals surface area contributed by atoms with E-state index in [1.807, 2.05) is 20.1 Å². The Morgan fingerprint density at radius 1 is 0.537 bits per heavy atom. The molecular formula is C63H98N18O13S. The van der Waals surface area contributed by atoms with Crippen LogP contribution in [0.15, 0.2) is 65.7 Å². The Labute approximate surface area is 558 Å². The molecule has 2 saturated heterocycles. The number of nitrogens with zero attached hydrogens (tertiary/aromatic N) is 3. The first kappa shape index (κ1) is 78.5. The molecule has 95 heavy (non-hydrogen) atoms. The van der Waals surface area contributed by atoms with Crippen molar-refractivity contribution in [3.8, 4) is 0 Å². The topological polar surface area (TPSA) is 519 Å². The van der Waals surface area contributed by atoms with Gasteiger partial charge in [0.15, 0.2) is 5.96 Å². The van der Waals surface area contributed by atoms with Gasteiger partial charge in [0.1, 0.15) is 54.4 Å². The van der Waals surface area contributed by atoms with Gasteiger partial charge >= 0.3 is 0 Å². The minimum atomic E-state index is -1.64. The Hall–Kier alpha value is -8.91. The Morgan fingerprint density at radius 3 is 1.51 bits per heavy atom. The van der Waals surface area contributed by atoms with E-state index in [1.54, 1.807) is 60.7 Å². The summed E-state index contributed by atoms with van der Waals surface area (Å²) in [5.74, 6) is -9.80. The molecule has 2 aromatic rings. The van der Waals surface area contributed by atoms with Crippen molar-refractivity contribution in [1.82, 2.24) is 52.3 Å². The van der Waals surface area contributed by atoms with Gasteiger partial charge in [-0.3, -0.25) is 67.3 Å². The van der Waals surface area contributed by atoms with Gasteiger partial charge in [-0.25, -0.2) is 0 Å². The Morgan fingerprint density at radius 2 is 1.01 bits per heavy atom. The van der Waals surface area contributed by atoms with Crippen LogP contribution in [-0.4, -0.2) is 198 Å². The number of benzene rings is 2. The van der Waals surface area contributed by atoms with Crippen molar-refractivity contribution in [2.75, 3.05) is 44.7 Å². The summed E-state index contributed by atoms with van der Waals surface area (Å²) in [4.78, 5) is 185. The average molecular weight is 1350 g/mol. The van der Waals surface area contributed by atoms with Crippen LogP contribution in [0, 0.1) is 5.92 Å². The van der Waals surface area contributed by atoms with E-state index in [1.165, 1.54) is 21.6 Å². The predicted octanol–water partition coefficient (Wildman–Crippen LogP) is -3.71. The molecule has 0 radical (unpaired) electrons. The minimum absolute atomic E-state index is 0.0736. The largest absolute Gasteiger partial charge is 0.370 e. The van der Waals surface area contributed by atoms with Crippen molar-refractivity contribution >= 4 is 94.5 Å². The monoisotopic (exact) mass is 1350 g/mol. The van der Waals surface area contributed by atoms with Crippen molar-refractivity contribution in [3.05, 3.63) is 71.8 Å². The molecule has 0 aliphatic carbocycles. The van der Waals surface area contributed by atoms with Crippen molar-refractivity contribution in [1.29, 1.82) is 0 Å². The van der Waals surface area contributed by atoms with Gasteiger partial charge < -0.3 is 92.5 Å². The van der Waals surface area contributed by atoms with Gasteiger partial charge in [-0.2, -0.15) is 11.8 Å². The summed E-state index contributed by atoms with van der Waals surface area (Å²) in [6.07, 6.45) is 3.12. The van der Waals surface area contributed by atoms with Crippen molar-refractivity contribution in [2.45, 2.75) is 183 Å². The zero-order chi connectivity index (χ0) is 70.1. The van der Waals surface area contributed by atoms with E-state index in [0.29, 0.717) is 55.4 Å².